The second kappa shape index (κ2) is 9.67. The summed E-state index contributed by atoms with van der Waals surface area (Å²) in [5, 5.41) is 13.1. The highest BCUT2D eigenvalue weighted by Gasteiger charge is 2.22. The van der Waals surface area contributed by atoms with Gasteiger partial charge in [0.1, 0.15) is 11.3 Å². The first-order chi connectivity index (χ1) is 15.1. The van der Waals surface area contributed by atoms with E-state index in [-0.39, 0.29) is 17.7 Å². The molecule has 8 nitrogen and oxygen atoms in total. The third-order valence-corrected chi connectivity index (χ3v) is 5.04. The molecule has 0 spiro atoms. The lowest BCUT2D eigenvalue weighted by Crippen LogP contribution is -2.27. The van der Waals surface area contributed by atoms with Crippen molar-refractivity contribution < 1.29 is 14.6 Å². The Kier molecular flexibility index (Phi) is 7.16. The maximum Gasteiger partial charge on any atom is 0.337 e. The molecule has 1 unspecified atom stereocenters. The highest BCUT2D eigenvalue weighted by atomic mass is 16.5. The fraction of sp³-hybridized carbons (Fsp3) is 0.458. The number of carboxylic acids is 1. The van der Waals surface area contributed by atoms with Crippen LogP contribution in [-0.4, -0.2) is 44.8 Å². The molecule has 0 bridgehead atoms. The molecule has 2 aromatic heterocycles. The highest BCUT2D eigenvalue weighted by Crippen LogP contribution is 2.31. The number of ether oxygens (including phenoxy) is 1. The molecule has 0 aliphatic rings. The number of nitrogens with zero attached hydrogens (tertiary/aromatic N) is 2. The van der Waals surface area contributed by atoms with E-state index in [0.717, 1.165) is 29.6 Å². The Bertz CT molecular complexity index is 1100. The van der Waals surface area contributed by atoms with Gasteiger partial charge in [-0.25, -0.2) is 14.8 Å². The van der Waals surface area contributed by atoms with Crippen LogP contribution in [0.5, 0.6) is 0 Å². The van der Waals surface area contributed by atoms with Crippen molar-refractivity contribution in [2.75, 3.05) is 18.5 Å². The van der Waals surface area contributed by atoms with Gasteiger partial charge in [0.05, 0.1) is 29.4 Å². The normalized spacial score (nSPS) is 12.8. The molecule has 0 saturated carbocycles. The van der Waals surface area contributed by atoms with Crippen LogP contribution >= 0.6 is 0 Å². The largest absolute Gasteiger partial charge is 0.478 e. The van der Waals surface area contributed by atoms with Gasteiger partial charge < -0.3 is 25.9 Å². The summed E-state index contributed by atoms with van der Waals surface area (Å²) in [6.07, 6.45) is 1.96. The summed E-state index contributed by atoms with van der Waals surface area (Å²) in [5.74, 6) is -0.340. The van der Waals surface area contributed by atoms with E-state index in [0.29, 0.717) is 29.3 Å². The summed E-state index contributed by atoms with van der Waals surface area (Å²) in [6.45, 7) is 11.0. The molecule has 5 N–H and O–H groups in total. The SMILES string of the molecule is CCCCOCC(N)c1[nH]c(-c2cccc3nc(C)c(NC(C)(C)C)nc23)cc1C(=O)O. The molecule has 3 rings (SSSR count). The Balaban J connectivity index is 2.04. The summed E-state index contributed by atoms with van der Waals surface area (Å²) in [4.78, 5) is 24.7. The number of carbonyl (C=O) groups is 1. The summed E-state index contributed by atoms with van der Waals surface area (Å²) in [7, 11) is 0. The average molecular weight is 440 g/mol. The lowest BCUT2D eigenvalue weighted by atomic mass is 10.1. The summed E-state index contributed by atoms with van der Waals surface area (Å²) < 4.78 is 5.62. The van der Waals surface area contributed by atoms with Gasteiger partial charge in [0.25, 0.3) is 0 Å². The van der Waals surface area contributed by atoms with E-state index in [9.17, 15) is 9.90 Å². The third kappa shape index (κ3) is 5.44. The van der Waals surface area contributed by atoms with Gasteiger partial charge in [-0.05, 0) is 46.2 Å². The quantitative estimate of drug-likeness (QED) is 0.357. The van der Waals surface area contributed by atoms with Crippen molar-refractivity contribution in [3.63, 3.8) is 0 Å². The number of unbranched alkanes of at least 4 members (excludes halogenated alkanes) is 1. The van der Waals surface area contributed by atoms with Crippen LogP contribution in [0.25, 0.3) is 22.3 Å². The molecule has 2 heterocycles. The number of nitrogens with one attached hydrogen (secondary N) is 2. The van der Waals surface area contributed by atoms with E-state index in [1.807, 2.05) is 25.1 Å². The van der Waals surface area contributed by atoms with Crippen LogP contribution in [0, 0.1) is 6.92 Å². The van der Waals surface area contributed by atoms with Crippen molar-refractivity contribution in [1.29, 1.82) is 0 Å². The molecule has 0 aliphatic heterocycles. The second-order valence-corrected chi connectivity index (χ2v) is 9.06. The third-order valence-electron chi connectivity index (χ3n) is 5.04. The zero-order valence-corrected chi connectivity index (χ0v) is 19.5. The molecular weight excluding hydrogens is 406 g/mol. The lowest BCUT2D eigenvalue weighted by Gasteiger charge is -2.22. The van der Waals surface area contributed by atoms with E-state index < -0.39 is 12.0 Å². The number of aryl methyl sites for hydroxylation is 1. The van der Waals surface area contributed by atoms with Gasteiger partial charge in [0, 0.05) is 29.1 Å². The van der Waals surface area contributed by atoms with Crippen LogP contribution in [0.2, 0.25) is 0 Å². The lowest BCUT2D eigenvalue weighted by molar-refractivity contribution is 0.0693. The zero-order valence-electron chi connectivity index (χ0n) is 19.5. The molecule has 1 atom stereocenters. The number of hydrogen-bond acceptors (Lipinski definition) is 6. The smallest absolute Gasteiger partial charge is 0.337 e. The fourth-order valence-corrected chi connectivity index (χ4v) is 3.48. The summed E-state index contributed by atoms with van der Waals surface area (Å²) >= 11 is 0. The first kappa shape index (κ1) is 23.7. The van der Waals surface area contributed by atoms with Crippen molar-refractivity contribution in [2.45, 2.75) is 59.0 Å². The van der Waals surface area contributed by atoms with Gasteiger partial charge in [-0.15, -0.1) is 0 Å². The second-order valence-electron chi connectivity index (χ2n) is 9.06. The molecule has 3 aromatic rings. The predicted molar refractivity (Wildman–Crippen MR) is 127 cm³/mol. The van der Waals surface area contributed by atoms with Gasteiger partial charge in [-0.1, -0.05) is 25.5 Å². The topological polar surface area (TPSA) is 126 Å². The van der Waals surface area contributed by atoms with Crippen molar-refractivity contribution >= 4 is 22.8 Å². The number of rotatable bonds is 9. The number of hydrogen-bond donors (Lipinski definition) is 4. The number of para-hydroxylation sites is 1. The van der Waals surface area contributed by atoms with Crippen LogP contribution in [-0.2, 0) is 4.74 Å². The molecule has 32 heavy (non-hydrogen) atoms. The van der Waals surface area contributed by atoms with E-state index >= 15 is 0 Å². The number of aromatic carboxylic acids is 1. The number of H-pyrrole nitrogens is 1. The van der Waals surface area contributed by atoms with Crippen LogP contribution in [0.1, 0.15) is 68.3 Å². The van der Waals surface area contributed by atoms with Gasteiger partial charge >= 0.3 is 5.97 Å². The van der Waals surface area contributed by atoms with Crippen molar-refractivity contribution in [3.05, 3.63) is 41.2 Å². The van der Waals surface area contributed by atoms with Gasteiger partial charge in [-0.3, -0.25) is 0 Å². The van der Waals surface area contributed by atoms with Gasteiger partial charge in [0.2, 0.25) is 0 Å². The Morgan fingerprint density at radius 1 is 1.31 bits per heavy atom. The summed E-state index contributed by atoms with van der Waals surface area (Å²) in [5.41, 5.74) is 10.3. The average Bonchev–Trinajstić information content (AvgIpc) is 3.16. The van der Waals surface area contributed by atoms with E-state index in [2.05, 4.69) is 38.0 Å². The van der Waals surface area contributed by atoms with Crippen LogP contribution in [0.15, 0.2) is 24.3 Å². The predicted octanol–water partition coefficient (Wildman–Crippen LogP) is 4.66. The Morgan fingerprint density at radius 3 is 2.72 bits per heavy atom. The molecule has 172 valence electrons. The van der Waals surface area contributed by atoms with E-state index in [1.54, 1.807) is 6.07 Å². The molecule has 0 radical (unpaired) electrons. The maximum atomic E-state index is 11.9. The number of aromatic amines is 1. The van der Waals surface area contributed by atoms with Gasteiger partial charge in [0.15, 0.2) is 0 Å². The number of anilines is 1. The number of carboxylic acid groups (broad SMARTS) is 1. The Labute approximate surface area is 188 Å². The first-order valence-corrected chi connectivity index (χ1v) is 11.0. The number of aromatic nitrogens is 3. The Hall–Kier alpha value is -2.97. The minimum absolute atomic E-state index is 0.136. The van der Waals surface area contributed by atoms with Crippen molar-refractivity contribution in [1.82, 2.24) is 15.0 Å². The monoisotopic (exact) mass is 439 g/mol. The number of nitrogens with two attached hydrogens (primary N) is 1. The first-order valence-electron chi connectivity index (χ1n) is 11.0. The van der Waals surface area contributed by atoms with Crippen molar-refractivity contribution in [2.24, 2.45) is 5.73 Å². The number of fused-ring (bicyclic) bond motifs is 1. The molecule has 8 heteroatoms. The molecule has 0 amide bonds. The fourth-order valence-electron chi connectivity index (χ4n) is 3.48. The number of benzene rings is 1. The van der Waals surface area contributed by atoms with E-state index in [1.165, 1.54) is 0 Å². The Morgan fingerprint density at radius 2 is 2.06 bits per heavy atom. The van der Waals surface area contributed by atoms with Crippen LogP contribution < -0.4 is 11.1 Å². The van der Waals surface area contributed by atoms with Crippen LogP contribution in [0.3, 0.4) is 0 Å². The molecule has 0 saturated heterocycles. The van der Waals surface area contributed by atoms with E-state index in [4.69, 9.17) is 20.4 Å². The minimum atomic E-state index is -1.04. The van der Waals surface area contributed by atoms with Gasteiger partial charge in [-0.2, -0.15) is 0 Å². The zero-order chi connectivity index (χ0) is 23.5. The molecule has 0 aliphatic carbocycles. The summed E-state index contributed by atoms with van der Waals surface area (Å²) in [6, 6.07) is 6.72. The standard InChI is InChI=1S/C24H33N5O3/c1-6-7-11-32-13-17(25)20-16(23(30)31)12-19(27-20)15-9-8-10-18-21(15)28-22(14(2)26-18)29-24(3,4)5/h8-10,12,17,27H,6-7,11,13,25H2,1-5H3,(H,28,29)(H,30,31). The van der Waals surface area contributed by atoms with Crippen LogP contribution in [0.4, 0.5) is 5.82 Å². The highest BCUT2D eigenvalue weighted by molar-refractivity contribution is 5.95. The van der Waals surface area contributed by atoms with Crippen molar-refractivity contribution in [3.8, 4) is 11.3 Å². The molecular formula is C24H33N5O3. The minimum Gasteiger partial charge on any atom is -0.478 e. The molecule has 0 fully saturated rings. The molecule has 1 aromatic carbocycles. The maximum absolute atomic E-state index is 11.9.